The summed E-state index contributed by atoms with van der Waals surface area (Å²) in [6.07, 6.45) is 1.83. The molecule has 0 amide bonds. The number of aromatic nitrogens is 4. The quantitative estimate of drug-likeness (QED) is 0.606. The average molecular weight is 286 g/mol. The van der Waals surface area contributed by atoms with Gasteiger partial charge in [0.2, 0.25) is 5.69 Å². The highest BCUT2D eigenvalue weighted by Crippen LogP contribution is 2.20. The number of nitro groups is 1. The van der Waals surface area contributed by atoms with E-state index in [9.17, 15) is 19.7 Å². The van der Waals surface area contributed by atoms with Gasteiger partial charge >= 0.3 is 11.7 Å². The Labute approximate surface area is 108 Å². The van der Waals surface area contributed by atoms with Crippen LogP contribution < -0.4 is 5.56 Å². The van der Waals surface area contributed by atoms with Crippen molar-refractivity contribution in [2.24, 2.45) is 0 Å². The van der Waals surface area contributed by atoms with Gasteiger partial charge in [-0.3, -0.25) is 14.9 Å². The summed E-state index contributed by atoms with van der Waals surface area (Å²) < 4.78 is 0.763. The first-order valence-electron chi connectivity index (χ1n) is 4.62. The third kappa shape index (κ3) is 2.15. The normalized spacial score (nSPS) is 10.4. The zero-order chi connectivity index (χ0) is 14.2. The van der Waals surface area contributed by atoms with Crippen molar-refractivity contribution in [3.8, 4) is 5.82 Å². The van der Waals surface area contributed by atoms with E-state index in [-0.39, 0.29) is 10.8 Å². The monoisotopic (exact) mass is 285 g/mol. The summed E-state index contributed by atoms with van der Waals surface area (Å²) in [7, 11) is 0. The second-order valence-corrected chi connectivity index (χ2v) is 3.62. The van der Waals surface area contributed by atoms with Crippen LogP contribution in [0.1, 0.15) is 10.5 Å². The molecule has 10 nitrogen and oxygen atoms in total. The summed E-state index contributed by atoms with van der Waals surface area (Å²) in [6.45, 7) is 0. The maximum Gasteiger partial charge on any atom is 0.363 e. The largest absolute Gasteiger partial charge is 0.476 e. The smallest absolute Gasteiger partial charge is 0.363 e. The molecule has 0 aliphatic heterocycles. The third-order valence-electron chi connectivity index (χ3n) is 2.09. The number of aromatic carboxylic acids is 1. The topological polar surface area (TPSA) is 144 Å². The molecule has 11 heteroatoms. The maximum atomic E-state index is 11.3. The standard InChI is InChI=1S/C8H4ClN5O5/c9-4-6(10-2-11-7(4)15)13-1-3(14(18)19)5(12-13)8(16)17/h1-2H,(H,16,17)(H,10,11,15). The molecule has 98 valence electrons. The number of carboxylic acids is 1. The van der Waals surface area contributed by atoms with Crippen LogP contribution >= 0.6 is 11.6 Å². The summed E-state index contributed by atoms with van der Waals surface area (Å²) in [6, 6.07) is 0. The fourth-order valence-corrected chi connectivity index (χ4v) is 1.48. The van der Waals surface area contributed by atoms with Crippen LogP contribution in [0.3, 0.4) is 0 Å². The van der Waals surface area contributed by atoms with Crippen molar-refractivity contribution in [3.05, 3.63) is 43.7 Å². The van der Waals surface area contributed by atoms with Crippen LogP contribution in [0.25, 0.3) is 5.82 Å². The Bertz CT molecular complexity index is 704. The molecular weight excluding hydrogens is 282 g/mol. The molecule has 19 heavy (non-hydrogen) atoms. The molecule has 2 aromatic heterocycles. The van der Waals surface area contributed by atoms with E-state index >= 15 is 0 Å². The summed E-state index contributed by atoms with van der Waals surface area (Å²) in [4.78, 5) is 37.7. The molecule has 2 rings (SSSR count). The first kappa shape index (κ1) is 12.7. The van der Waals surface area contributed by atoms with E-state index in [1.807, 2.05) is 0 Å². The Hall–Kier alpha value is -2.75. The minimum atomic E-state index is -1.58. The van der Waals surface area contributed by atoms with Gasteiger partial charge in [-0.15, -0.1) is 0 Å². The lowest BCUT2D eigenvalue weighted by Gasteiger charge is -1.99. The molecule has 0 aliphatic rings. The summed E-state index contributed by atoms with van der Waals surface area (Å²) >= 11 is 5.66. The number of hydrogen-bond donors (Lipinski definition) is 2. The second-order valence-electron chi connectivity index (χ2n) is 3.24. The van der Waals surface area contributed by atoms with Crippen molar-refractivity contribution in [1.29, 1.82) is 0 Å². The van der Waals surface area contributed by atoms with E-state index in [1.165, 1.54) is 0 Å². The van der Waals surface area contributed by atoms with Crippen LogP contribution in [0.2, 0.25) is 5.02 Å². The van der Waals surface area contributed by atoms with Crippen LogP contribution in [-0.2, 0) is 0 Å². The van der Waals surface area contributed by atoms with Gasteiger partial charge in [0.05, 0.1) is 11.3 Å². The van der Waals surface area contributed by atoms with Crippen LogP contribution in [0.4, 0.5) is 5.69 Å². The predicted octanol–water partition coefficient (Wildman–Crippen LogP) is 0.215. The molecule has 0 saturated carbocycles. The first-order chi connectivity index (χ1) is 8.91. The summed E-state index contributed by atoms with van der Waals surface area (Å²) in [5.41, 5.74) is -2.18. The molecule has 0 aromatic carbocycles. The molecule has 2 heterocycles. The van der Waals surface area contributed by atoms with Gasteiger partial charge in [0.25, 0.3) is 5.56 Å². The minimum absolute atomic E-state index is 0.207. The molecule has 0 aliphatic carbocycles. The Morgan fingerprint density at radius 3 is 2.79 bits per heavy atom. The van der Waals surface area contributed by atoms with E-state index in [1.54, 1.807) is 0 Å². The first-order valence-corrected chi connectivity index (χ1v) is 5.00. The molecular formula is C8H4ClN5O5. The van der Waals surface area contributed by atoms with Crippen molar-refractivity contribution in [2.75, 3.05) is 0 Å². The summed E-state index contributed by atoms with van der Waals surface area (Å²) in [5.74, 6) is -1.78. The van der Waals surface area contributed by atoms with Crippen LogP contribution in [-0.4, -0.2) is 35.7 Å². The van der Waals surface area contributed by atoms with Crippen LogP contribution in [0.5, 0.6) is 0 Å². The fourth-order valence-electron chi connectivity index (χ4n) is 1.29. The van der Waals surface area contributed by atoms with Gasteiger partial charge in [0, 0.05) is 0 Å². The van der Waals surface area contributed by atoms with E-state index in [4.69, 9.17) is 16.7 Å². The van der Waals surface area contributed by atoms with Gasteiger partial charge < -0.3 is 10.1 Å². The van der Waals surface area contributed by atoms with Crippen LogP contribution in [0.15, 0.2) is 17.3 Å². The molecule has 0 spiro atoms. The number of hydrogen-bond acceptors (Lipinski definition) is 6. The summed E-state index contributed by atoms with van der Waals surface area (Å²) in [5, 5.41) is 22.6. The van der Waals surface area contributed by atoms with Crippen molar-refractivity contribution in [2.45, 2.75) is 0 Å². The lowest BCUT2D eigenvalue weighted by Crippen LogP contribution is -2.12. The molecule has 2 aromatic rings. The highest BCUT2D eigenvalue weighted by molar-refractivity contribution is 6.31. The Morgan fingerprint density at radius 2 is 2.26 bits per heavy atom. The Kier molecular flexibility index (Phi) is 3.00. The van der Waals surface area contributed by atoms with Gasteiger partial charge in [0.15, 0.2) is 10.8 Å². The van der Waals surface area contributed by atoms with Crippen molar-refractivity contribution >= 4 is 23.3 Å². The SMILES string of the molecule is O=C(O)c1nn(-c2nc[nH]c(=O)c2Cl)cc1[N+](=O)[O-]. The molecule has 0 fully saturated rings. The number of halogens is 1. The number of H-pyrrole nitrogens is 1. The number of rotatable bonds is 3. The Morgan fingerprint density at radius 1 is 1.58 bits per heavy atom. The van der Waals surface area contributed by atoms with E-state index in [0.717, 1.165) is 17.2 Å². The minimum Gasteiger partial charge on any atom is -0.476 e. The number of carboxylic acid groups (broad SMARTS) is 1. The second kappa shape index (κ2) is 4.49. The zero-order valence-electron chi connectivity index (χ0n) is 8.90. The average Bonchev–Trinajstić information content (AvgIpc) is 2.77. The molecule has 0 unspecified atom stereocenters. The van der Waals surface area contributed by atoms with Gasteiger partial charge in [-0.2, -0.15) is 5.10 Å². The zero-order valence-corrected chi connectivity index (χ0v) is 9.66. The highest BCUT2D eigenvalue weighted by atomic mass is 35.5. The van der Waals surface area contributed by atoms with Gasteiger partial charge in [0.1, 0.15) is 6.20 Å². The number of nitrogens with one attached hydrogen (secondary N) is 1. The van der Waals surface area contributed by atoms with Crippen molar-refractivity contribution < 1.29 is 14.8 Å². The lowest BCUT2D eigenvalue weighted by molar-refractivity contribution is -0.385. The van der Waals surface area contributed by atoms with Gasteiger partial charge in [-0.05, 0) is 0 Å². The predicted molar refractivity (Wildman–Crippen MR) is 60.6 cm³/mol. The molecule has 0 saturated heterocycles. The van der Waals surface area contributed by atoms with Gasteiger partial charge in [-0.1, -0.05) is 11.6 Å². The molecule has 0 bridgehead atoms. The van der Waals surface area contributed by atoms with E-state index in [2.05, 4.69) is 15.1 Å². The number of carbonyl (C=O) groups is 1. The Balaban J connectivity index is 2.68. The van der Waals surface area contributed by atoms with Crippen molar-refractivity contribution in [1.82, 2.24) is 19.7 Å². The van der Waals surface area contributed by atoms with Gasteiger partial charge in [-0.25, -0.2) is 14.5 Å². The van der Waals surface area contributed by atoms with Crippen molar-refractivity contribution in [3.63, 3.8) is 0 Å². The third-order valence-corrected chi connectivity index (χ3v) is 2.43. The number of aromatic amines is 1. The highest BCUT2D eigenvalue weighted by Gasteiger charge is 2.26. The van der Waals surface area contributed by atoms with E-state index in [0.29, 0.717) is 0 Å². The molecule has 0 radical (unpaired) electrons. The maximum absolute atomic E-state index is 11.3. The molecule has 0 atom stereocenters. The molecule has 2 N–H and O–H groups in total. The lowest BCUT2D eigenvalue weighted by atomic mass is 10.4. The number of nitrogens with zero attached hydrogens (tertiary/aromatic N) is 4. The van der Waals surface area contributed by atoms with Crippen LogP contribution in [0, 0.1) is 10.1 Å². The fraction of sp³-hybridized carbons (Fsp3) is 0. The van der Waals surface area contributed by atoms with E-state index < -0.39 is 27.8 Å².